The number of alkyl halides is 1. The van der Waals surface area contributed by atoms with Crippen LogP contribution in [0.25, 0.3) is 0 Å². The van der Waals surface area contributed by atoms with Gasteiger partial charge in [-0.05, 0) is 43.2 Å². The van der Waals surface area contributed by atoms with Crippen LogP contribution in [0.3, 0.4) is 0 Å². The van der Waals surface area contributed by atoms with Gasteiger partial charge in [0.05, 0.1) is 5.69 Å². The predicted molar refractivity (Wildman–Crippen MR) is 119 cm³/mol. The summed E-state index contributed by atoms with van der Waals surface area (Å²) in [6.07, 6.45) is -1.43. The quantitative estimate of drug-likeness (QED) is 0.621. The van der Waals surface area contributed by atoms with Crippen LogP contribution in [0, 0.1) is 11.6 Å². The molecule has 0 aromatic heterocycles. The molecule has 1 aliphatic rings. The van der Waals surface area contributed by atoms with E-state index in [0.29, 0.717) is 17.5 Å². The fourth-order valence-corrected chi connectivity index (χ4v) is 4.11. The van der Waals surface area contributed by atoms with Crippen molar-refractivity contribution in [1.82, 2.24) is 4.90 Å². The zero-order valence-corrected chi connectivity index (χ0v) is 19.1. The number of amides is 3. The lowest BCUT2D eigenvalue weighted by molar-refractivity contribution is -0.158. The molecule has 0 spiro atoms. The van der Waals surface area contributed by atoms with Gasteiger partial charge in [0.25, 0.3) is 23.4 Å². The first-order valence-electron chi connectivity index (χ1n) is 10.8. The molecular formula is C24H26F3N3O4. The number of primary amides is 1. The number of hydrogen-bond acceptors (Lipinski definition) is 4. The average molecular weight is 477 g/mol. The highest BCUT2D eigenvalue weighted by atomic mass is 19.1. The summed E-state index contributed by atoms with van der Waals surface area (Å²) < 4.78 is 49.4. The number of nitrogens with two attached hydrogens (primary N) is 1. The van der Waals surface area contributed by atoms with Gasteiger partial charge in [0.1, 0.15) is 29.5 Å². The summed E-state index contributed by atoms with van der Waals surface area (Å²) in [5.41, 5.74) is 2.50. The number of benzene rings is 2. The molecule has 0 saturated carbocycles. The summed E-state index contributed by atoms with van der Waals surface area (Å²) in [7, 11) is 1.46. The van der Waals surface area contributed by atoms with Gasteiger partial charge in [-0.1, -0.05) is 25.5 Å². The van der Waals surface area contributed by atoms with E-state index in [9.17, 15) is 23.2 Å². The van der Waals surface area contributed by atoms with Crippen molar-refractivity contribution in [3.63, 3.8) is 0 Å². The second-order valence-electron chi connectivity index (χ2n) is 8.26. The summed E-state index contributed by atoms with van der Waals surface area (Å²) in [5, 5.41) is 0. The first-order valence-corrected chi connectivity index (χ1v) is 10.8. The van der Waals surface area contributed by atoms with Crippen LogP contribution in [0.1, 0.15) is 32.3 Å². The third kappa shape index (κ3) is 4.71. The Morgan fingerprint density at radius 3 is 2.38 bits per heavy atom. The molecule has 3 atom stereocenters. The molecule has 34 heavy (non-hydrogen) atoms. The van der Waals surface area contributed by atoms with Gasteiger partial charge >= 0.3 is 0 Å². The standard InChI is InChI=1S/C24H26F3N3O4/c1-4-9-24(27,22(28)32)23(33)30(13-15-10-16(25)12-17(26)11-15)20-14(2)34-19-8-6-5-7-18(19)29(3)21(20)31/h5-8,10-12,14,20H,4,9,13H2,1-3H3,(H2,28,32)/t14-,20+,24?/m1/s1. The molecule has 3 rings (SSSR count). The second-order valence-corrected chi connectivity index (χ2v) is 8.26. The lowest BCUT2D eigenvalue weighted by Crippen LogP contribution is -2.61. The van der Waals surface area contributed by atoms with Crippen molar-refractivity contribution in [3.05, 3.63) is 59.7 Å². The topological polar surface area (TPSA) is 92.9 Å². The van der Waals surface area contributed by atoms with E-state index in [0.717, 1.165) is 17.0 Å². The molecule has 2 aromatic carbocycles. The van der Waals surface area contributed by atoms with Crippen molar-refractivity contribution in [2.45, 2.75) is 51.0 Å². The van der Waals surface area contributed by atoms with Crippen LogP contribution in [-0.2, 0) is 20.9 Å². The second kappa shape index (κ2) is 9.74. The van der Waals surface area contributed by atoms with Crippen LogP contribution in [0.5, 0.6) is 5.75 Å². The molecule has 0 aliphatic carbocycles. The highest BCUT2D eigenvalue weighted by Gasteiger charge is 2.51. The molecule has 182 valence electrons. The summed E-state index contributed by atoms with van der Waals surface area (Å²) in [6.45, 7) is 2.50. The lowest BCUT2D eigenvalue weighted by atomic mass is 9.95. The van der Waals surface area contributed by atoms with E-state index in [4.69, 9.17) is 10.5 Å². The summed E-state index contributed by atoms with van der Waals surface area (Å²) in [6, 6.07) is 7.78. The number of hydrogen-bond donors (Lipinski definition) is 1. The minimum atomic E-state index is -3.13. The third-order valence-electron chi connectivity index (χ3n) is 5.76. The van der Waals surface area contributed by atoms with Crippen molar-refractivity contribution in [2.75, 3.05) is 11.9 Å². The molecule has 0 saturated heterocycles. The number of carbonyl (C=O) groups excluding carboxylic acids is 3. The van der Waals surface area contributed by atoms with E-state index in [1.54, 1.807) is 31.2 Å². The van der Waals surface area contributed by atoms with Crippen LogP contribution in [0.2, 0.25) is 0 Å². The van der Waals surface area contributed by atoms with Crippen LogP contribution in [-0.4, -0.2) is 47.5 Å². The Balaban J connectivity index is 2.13. The highest BCUT2D eigenvalue weighted by molar-refractivity contribution is 6.10. The van der Waals surface area contributed by atoms with Crippen molar-refractivity contribution >= 4 is 23.4 Å². The Bertz CT molecular complexity index is 1090. The first-order chi connectivity index (χ1) is 16.0. The number of likely N-dealkylation sites (N-methyl/N-ethyl adjacent to an activating group) is 1. The number of carbonyl (C=O) groups is 3. The molecule has 0 radical (unpaired) electrons. The average Bonchev–Trinajstić information content (AvgIpc) is 2.85. The van der Waals surface area contributed by atoms with Gasteiger partial charge in [-0.3, -0.25) is 14.4 Å². The Morgan fingerprint density at radius 2 is 1.79 bits per heavy atom. The molecule has 0 fully saturated rings. The molecule has 10 heteroatoms. The Morgan fingerprint density at radius 1 is 1.18 bits per heavy atom. The van der Waals surface area contributed by atoms with E-state index < -0.39 is 60.1 Å². The SMILES string of the molecule is CCCC(F)(C(N)=O)C(=O)N(Cc1cc(F)cc(F)c1)[C@@H]1C(=O)N(C)c2ccccc2O[C@@H]1C. The van der Waals surface area contributed by atoms with Crippen LogP contribution < -0.4 is 15.4 Å². The number of rotatable bonds is 7. The van der Waals surface area contributed by atoms with Gasteiger partial charge < -0.3 is 20.3 Å². The molecule has 1 heterocycles. The molecule has 2 N–H and O–H groups in total. The fraction of sp³-hybridized carbons (Fsp3) is 0.375. The molecule has 7 nitrogen and oxygen atoms in total. The lowest BCUT2D eigenvalue weighted by Gasteiger charge is -2.37. The van der Waals surface area contributed by atoms with Crippen molar-refractivity contribution in [2.24, 2.45) is 5.73 Å². The molecular weight excluding hydrogens is 451 g/mol. The van der Waals surface area contributed by atoms with Crippen molar-refractivity contribution in [3.8, 4) is 5.75 Å². The van der Waals surface area contributed by atoms with E-state index in [-0.39, 0.29) is 12.0 Å². The van der Waals surface area contributed by atoms with Gasteiger partial charge in [0.15, 0.2) is 0 Å². The zero-order chi connectivity index (χ0) is 25.2. The zero-order valence-electron chi connectivity index (χ0n) is 19.1. The van der Waals surface area contributed by atoms with E-state index in [1.165, 1.54) is 18.9 Å². The number of anilines is 1. The fourth-order valence-electron chi connectivity index (χ4n) is 4.11. The minimum Gasteiger partial charge on any atom is -0.486 e. The largest absolute Gasteiger partial charge is 0.486 e. The van der Waals surface area contributed by atoms with Crippen LogP contribution >= 0.6 is 0 Å². The van der Waals surface area contributed by atoms with Crippen LogP contribution in [0.4, 0.5) is 18.9 Å². The van der Waals surface area contributed by atoms with Crippen LogP contribution in [0.15, 0.2) is 42.5 Å². The maximum absolute atomic E-state index is 15.7. The smallest absolute Gasteiger partial charge is 0.271 e. The predicted octanol–water partition coefficient (Wildman–Crippen LogP) is 3.10. The third-order valence-corrected chi connectivity index (χ3v) is 5.76. The van der Waals surface area contributed by atoms with E-state index in [1.807, 2.05) is 0 Å². The van der Waals surface area contributed by atoms with Gasteiger partial charge in [-0.25, -0.2) is 13.2 Å². The normalized spacial score (nSPS) is 19.5. The Hall–Kier alpha value is -3.56. The number of ether oxygens (including phenoxy) is 1. The van der Waals surface area contributed by atoms with Crippen molar-refractivity contribution in [1.29, 1.82) is 0 Å². The van der Waals surface area contributed by atoms with Gasteiger partial charge in [-0.15, -0.1) is 0 Å². The van der Waals surface area contributed by atoms with Crippen molar-refractivity contribution < 1.29 is 32.3 Å². The van der Waals surface area contributed by atoms with E-state index in [2.05, 4.69) is 0 Å². The number of halogens is 3. The van der Waals surface area contributed by atoms with E-state index >= 15 is 4.39 Å². The number of fused-ring (bicyclic) bond motifs is 1. The first kappa shape index (κ1) is 25.1. The highest BCUT2D eigenvalue weighted by Crippen LogP contribution is 2.35. The minimum absolute atomic E-state index is 0.0430. The Labute approximate surface area is 195 Å². The van der Waals surface area contributed by atoms with Gasteiger partial charge in [0, 0.05) is 19.7 Å². The molecule has 1 unspecified atom stereocenters. The number of para-hydroxylation sites is 2. The molecule has 0 bridgehead atoms. The monoisotopic (exact) mass is 477 g/mol. The van der Waals surface area contributed by atoms with Gasteiger partial charge in [-0.2, -0.15) is 0 Å². The van der Waals surface area contributed by atoms with Gasteiger partial charge in [0.2, 0.25) is 0 Å². The maximum atomic E-state index is 15.7. The summed E-state index contributed by atoms with van der Waals surface area (Å²) in [5.74, 6) is -5.00. The summed E-state index contributed by atoms with van der Waals surface area (Å²) in [4.78, 5) is 41.1. The number of nitrogens with zero attached hydrogens (tertiary/aromatic N) is 2. The molecule has 2 aromatic rings. The summed E-state index contributed by atoms with van der Waals surface area (Å²) >= 11 is 0. The molecule has 1 aliphatic heterocycles. The maximum Gasteiger partial charge on any atom is 0.271 e. The Kier molecular flexibility index (Phi) is 7.18. The molecule has 3 amide bonds.